The monoisotopic (exact) mass is 393 g/mol. The first-order chi connectivity index (χ1) is 13.2. The molecule has 0 saturated heterocycles. The number of thiophene rings is 1. The summed E-state index contributed by atoms with van der Waals surface area (Å²) in [5, 5.41) is 3.00. The van der Waals surface area contributed by atoms with Crippen LogP contribution in [0.3, 0.4) is 0 Å². The van der Waals surface area contributed by atoms with E-state index in [0.29, 0.717) is 12.4 Å². The zero-order valence-electron chi connectivity index (χ0n) is 16.4. The van der Waals surface area contributed by atoms with Gasteiger partial charge in [-0.15, -0.1) is 11.3 Å². The minimum absolute atomic E-state index is 0.0399. The van der Waals surface area contributed by atoms with E-state index in [2.05, 4.69) is 33.5 Å². The van der Waals surface area contributed by atoms with Crippen LogP contribution in [0.5, 0.6) is 0 Å². The van der Waals surface area contributed by atoms with Crippen molar-refractivity contribution in [2.24, 2.45) is 12.5 Å². The van der Waals surface area contributed by atoms with Gasteiger partial charge in [0.2, 0.25) is 5.91 Å². The summed E-state index contributed by atoms with van der Waals surface area (Å²) in [7, 11) is 1.96. The number of hydrogen-bond acceptors (Lipinski definition) is 5. The lowest BCUT2D eigenvalue weighted by molar-refractivity contribution is -0.128. The molecule has 4 rings (SSSR count). The molecule has 0 radical (unpaired) electrons. The van der Waals surface area contributed by atoms with Crippen LogP contribution in [0.2, 0.25) is 0 Å². The predicted molar refractivity (Wildman–Crippen MR) is 115 cm³/mol. The van der Waals surface area contributed by atoms with E-state index in [1.54, 1.807) is 17.7 Å². The summed E-state index contributed by atoms with van der Waals surface area (Å²) >= 11 is 1.68. The fourth-order valence-corrected chi connectivity index (χ4v) is 4.31. The fourth-order valence-electron chi connectivity index (χ4n) is 3.13. The molecule has 3 heterocycles. The number of pyridine rings is 1. The van der Waals surface area contributed by atoms with Gasteiger partial charge in [0, 0.05) is 23.9 Å². The number of nitrogen functional groups attached to an aromatic ring is 1. The van der Waals surface area contributed by atoms with Gasteiger partial charge in [-0.2, -0.15) is 0 Å². The summed E-state index contributed by atoms with van der Waals surface area (Å²) in [5.74, 6) is 0.490. The molecule has 1 amide bonds. The highest BCUT2D eigenvalue weighted by atomic mass is 32.1. The van der Waals surface area contributed by atoms with Crippen LogP contribution in [0.4, 0.5) is 5.82 Å². The van der Waals surface area contributed by atoms with Crippen LogP contribution in [0.1, 0.15) is 26.3 Å². The molecular weight excluding hydrogens is 370 g/mol. The van der Waals surface area contributed by atoms with Gasteiger partial charge in [-0.3, -0.25) is 4.79 Å². The Hall–Kier alpha value is -2.93. The molecule has 0 fully saturated rings. The molecule has 0 spiro atoms. The van der Waals surface area contributed by atoms with E-state index in [0.717, 1.165) is 37.3 Å². The average molecular weight is 394 g/mol. The predicted octanol–water partition coefficient (Wildman–Crippen LogP) is 4.09. The van der Waals surface area contributed by atoms with E-state index in [9.17, 15) is 4.79 Å². The lowest BCUT2D eigenvalue weighted by Gasteiger charge is -2.17. The van der Waals surface area contributed by atoms with Crippen molar-refractivity contribution in [1.29, 1.82) is 0 Å². The zero-order valence-corrected chi connectivity index (χ0v) is 17.2. The minimum atomic E-state index is -0.400. The quantitative estimate of drug-likeness (QED) is 0.549. The maximum Gasteiger partial charge on any atom is 0.225 e. The summed E-state index contributed by atoms with van der Waals surface area (Å²) in [4.78, 5) is 22.1. The molecule has 4 aromatic rings. The Morgan fingerprint density at radius 2 is 2.07 bits per heavy atom. The van der Waals surface area contributed by atoms with Gasteiger partial charge >= 0.3 is 0 Å². The average Bonchev–Trinajstić information content (AvgIpc) is 3.23. The van der Waals surface area contributed by atoms with Gasteiger partial charge in [0.25, 0.3) is 0 Å². The smallest absolute Gasteiger partial charge is 0.225 e. The molecule has 7 heteroatoms. The molecule has 0 saturated carbocycles. The van der Waals surface area contributed by atoms with E-state index < -0.39 is 5.41 Å². The number of aromatic nitrogens is 3. The van der Waals surface area contributed by atoms with Gasteiger partial charge in [0.15, 0.2) is 5.82 Å². The van der Waals surface area contributed by atoms with E-state index in [-0.39, 0.29) is 5.91 Å². The largest absolute Gasteiger partial charge is 0.382 e. The number of hydrogen-bond donors (Lipinski definition) is 2. The summed E-state index contributed by atoms with van der Waals surface area (Å²) in [5.41, 5.74) is 10.5. The molecule has 0 atom stereocenters. The van der Waals surface area contributed by atoms with Crippen LogP contribution in [0, 0.1) is 5.41 Å². The van der Waals surface area contributed by atoms with Crippen LogP contribution in [0.25, 0.3) is 31.7 Å². The summed E-state index contributed by atoms with van der Waals surface area (Å²) in [6, 6.07) is 10.3. The van der Waals surface area contributed by atoms with Crippen LogP contribution in [-0.4, -0.2) is 20.4 Å². The van der Waals surface area contributed by atoms with Crippen LogP contribution in [0.15, 0.2) is 36.7 Å². The minimum Gasteiger partial charge on any atom is -0.382 e. The Balaban J connectivity index is 1.70. The van der Waals surface area contributed by atoms with Gasteiger partial charge in [-0.1, -0.05) is 39.0 Å². The van der Waals surface area contributed by atoms with Gasteiger partial charge in [0.05, 0.1) is 22.1 Å². The number of anilines is 1. The first-order valence-electron chi connectivity index (χ1n) is 9.11. The summed E-state index contributed by atoms with van der Waals surface area (Å²) in [6.07, 6.45) is 1.76. The lowest BCUT2D eigenvalue weighted by atomic mass is 9.95. The third-order valence-corrected chi connectivity index (χ3v) is 5.87. The Morgan fingerprint density at radius 3 is 2.82 bits per heavy atom. The van der Waals surface area contributed by atoms with Crippen LogP contribution >= 0.6 is 11.3 Å². The number of benzene rings is 1. The molecule has 1 aromatic carbocycles. The highest BCUT2D eigenvalue weighted by Gasteiger charge is 2.20. The van der Waals surface area contributed by atoms with Crippen molar-refractivity contribution in [1.82, 2.24) is 19.9 Å². The second-order valence-corrected chi connectivity index (χ2v) is 9.06. The fraction of sp³-hybridized carbons (Fsp3) is 0.286. The second kappa shape index (κ2) is 6.60. The third-order valence-electron chi connectivity index (χ3n) is 4.69. The van der Waals surface area contributed by atoms with Crippen molar-refractivity contribution in [3.05, 3.63) is 42.2 Å². The van der Waals surface area contributed by atoms with Gasteiger partial charge in [-0.05, 0) is 23.3 Å². The number of amides is 1. The van der Waals surface area contributed by atoms with E-state index >= 15 is 0 Å². The lowest BCUT2D eigenvalue weighted by Crippen LogP contribution is -2.34. The Bertz CT molecular complexity index is 1200. The second-order valence-electron chi connectivity index (χ2n) is 8.01. The number of nitrogens with one attached hydrogen (secondary N) is 1. The molecule has 3 aromatic heterocycles. The molecule has 144 valence electrons. The summed E-state index contributed by atoms with van der Waals surface area (Å²) in [6.45, 7) is 6.24. The molecule has 0 aliphatic carbocycles. The number of carbonyl (C=O) groups excluding carboxylic acids is 1. The molecule has 6 nitrogen and oxygen atoms in total. The van der Waals surface area contributed by atoms with Crippen molar-refractivity contribution in [3.8, 4) is 10.4 Å². The van der Waals surface area contributed by atoms with Gasteiger partial charge in [0.1, 0.15) is 5.52 Å². The molecule has 0 aliphatic heterocycles. The molecule has 0 unspecified atom stereocenters. The number of nitrogens with two attached hydrogens (primary N) is 1. The normalized spacial score (nSPS) is 12.0. The van der Waals surface area contributed by atoms with Gasteiger partial charge in [-0.25, -0.2) is 9.97 Å². The third kappa shape index (κ3) is 3.22. The SMILES string of the molecule is Cn1cnc2c(N)nc3cc(-c4cccc(CNC(=O)C(C)(C)C)c4)sc3c21. The molecular formula is C21H23N5OS. The Labute approximate surface area is 167 Å². The molecule has 3 N–H and O–H groups in total. The van der Waals surface area contributed by atoms with Crippen LogP contribution < -0.4 is 11.1 Å². The highest BCUT2D eigenvalue weighted by Crippen LogP contribution is 2.38. The van der Waals surface area contributed by atoms with Crippen molar-refractivity contribution in [2.75, 3.05) is 5.73 Å². The number of imidazole rings is 1. The molecule has 28 heavy (non-hydrogen) atoms. The zero-order chi connectivity index (χ0) is 20.1. The molecule has 0 aliphatic rings. The Morgan fingerprint density at radius 1 is 1.29 bits per heavy atom. The van der Waals surface area contributed by atoms with Gasteiger partial charge < -0.3 is 15.6 Å². The first kappa shape index (κ1) is 18.4. The molecule has 0 bridgehead atoms. The van der Waals surface area contributed by atoms with E-state index in [1.807, 2.05) is 44.5 Å². The standard InChI is InChI=1S/C21H23N5OS/c1-21(2,3)20(27)23-10-12-6-5-7-13(8-12)15-9-14-18(28-15)17-16(19(22)25-14)24-11-26(17)4/h5-9,11H,10H2,1-4H3,(H2,22,25)(H,23,27). The number of nitrogens with zero attached hydrogens (tertiary/aromatic N) is 3. The van der Waals surface area contributed by atoms with Crippen molar-refractivity contribution in [3.63, 3.8) is 0 Å². The van der Waals surface area contributed by atoms with E-state index in [4.69, 9.17) is 5.73 Å². The maximum absolute atomic E-state index is 12.1. The topological polar surface area (TPSA) is 85.8 Å². The van der Waals surface area contributed by atoms with Crippen molar-refractivity contribution in [2.45, 2.75) is 27.3 Å². The number of rotatable bonds is 3. The summed E-state index contributed by atoms with van der Waals surface area (Å²) < 4.78 is 3.06. The number of carbonyl (C=O) groups is 1. The maximum atomic E-state index is 12.1. The Kier molecular flexibility index (Phi) is 4.34. The van der Waals surface area contributed by atoms with Crippen molar-refractivity contribution < 1.29 is 4.79 Å². The first-order valence-corrected chi connectivity index (χ1v) is 9.93. The number of fused-ring (bicyclic) bond motifs is 3. The highest BCUT2D eigenvalue weighted by molar-refractivity contribution is 7.23. The van der Waals surface area contributed by atoms with E-state index in [1.165, 1.54) is 0 Å². The number of aryl methyl sites for hydroxylation is 1. The van der Waals surface area contributed by atoms with Crippen LogP contribution in [-0.2, 0) is 18.4 Å². The van der Waals surface area contributed by atoms with Crippen molar-refractivity contribution >= 4 is 44.3 Å².